The second-order valence-electron chi connectivity index (χ2n) is 5.05. The minimum Gasteiger partial charge on any atom is -0.451 e. The van der Waals surface area contributed by atoms with Gasteiger partial charge in [-0.2, -0.15) is 0 Å². The normalized spacial score (nSPS) is 10.4. The second kappa shape index (κ2) is 9.65. The molecule has 0 aliphatic heterocycles. The van der Waals surface area contributed by atoms with Gasteiger partial charge in [0.25, 0.3) is 5.91 Å². The molecule has 0 aliphatic rings. The molecule has 1 amide bonds. The number of thioether (sulfide) groups is 1. The summed E-state index contributed by atoms with van der Waals surface area (Å²) in [5.41, 5.74) is 1.09. The Morgan fingerprint density at radius 3 is 2.60 bits per heavy atom. The van der Waals surface area contributed by atoms with Gasteiger partial charge < -0.3 is 10.1 Å². The number of ether oxygens (including phenoxy) is 1. The lowest BCUT2D eigenvalue weighted by Crippen LogP contribution is -2.30. The highest BCUT2D eigenvalue weighted by Crippen LogP contribution is 2.18. The number of pyridine rings is 1. The van der Waals surface area contributed by atoms with Crippen LogP contribution in [0.3, 0.4) is 0 Å². The molecular weight excluding hydrogens is 383 g/mol. The molecule has 0 fully saturated rings. The van der Waals surface area contributed by atoms with E-state index in [1.165, 1.54) is 17.7 Å². The number of hydrogen-bond donors (Lipinski definition) is 1. The van der Waals surface area contributed by atoms with E-state index in [9.17, 15) is 9.59 Å². The van der Waals surface area contributed by atoms with Gasteiger partial charge in [0.2, 0.25) is 0 Å². The SMILES string of the molecule is Cc1ccc(SCCNC(=O)COC(=O)c2nc(Cl)ccc2Cl)cc1. The van der Waals surface area contributed by atoms with Crippen molar-refractivity contribution in [3.8, 4) is 0 Å². The van der Waals surface area contributed by atoms with E-state index >= 15 is 0 Å². The average molecular weight is 399 g/mol. The highest BCUT2D eigenvalue weighted by atomic mass is 35.5. The first kappa shape index (κ1) is 19.6. The number of amides is 1. The zero-order valence-corrected chi connectivity index (χ0v) is 15.7. The van der Waals surface area contributed by atoms with Gasteiger partial charge in [-0.15, -0.1) is 11.8 Å². The number of halogens is 2. The molecule has 0 aliphatic carbocycles. The van der Waals surface area contributed by atoms with Crippen LogP contribution >= 0.6 is 35.0 Å². The van der Waals surface area contributed by atoms with Crippen LogP contribution in [0.5, 0.6) is 0 Å². The summed E-state index contributed by atoms with van der Waals surface area (Å²) in [6.07, 6.45) is 0. The summed E-state index contributed by atoms with van der Waals surface area (Å²) in [6.45, 7) is 2.09. The third-order valence-electron chi connectivity index (χ3n) is 3.05. The fraction of sp³-hybridized carbons (Fsp3) is 0.235. The Labute approximate surface area is 160 Å². The van der Waals surface area contributed by atoms with E-state index in [2.05, 4.69) is 10.3 Å². The molecule has 1 aromatic carbocycles. The van der Waals surface area contributed by atoms with Crippen molar-refractivity contribution in [2.75, 3.05) is 18.9 Å². The molecule has 8 heteroatoms. The number of carbonyl (C=O) groups is 2. The fourth-order valence-electron chi connectivity index (χ4n) is 1.81. The van der Waals surface area contributed by atoms with Crippen molar-refractivity contribution in [2.24, 2.45) is 0 Å². The molecule has 5 nitrogen and oxygen atoms in total. The van der Waals surface area contributed by atoms with Crippen LogP contribution in [0.1, 0.15) is 16.1 Å². The molecule has 1 heterocycles. The van der Waals surface area contributed by atoms with Crippen LogP contribution in [0, 0.1) is 6.92 Å². The molecule has 0 unspecified atom stereocenters. The highest BCUT2D eigenvalue weighted by molar-refractivity contribution is 7.99. The van der Waals surface area contributed by atoms with E-state index in [-0.39, 0.29) is 15.9 Å². The molecule has 1 N–H and O–H groups in total. The number of hydrogen-bond acceptors (Lipinski definition) is 5. The molecule has 0 saturated heterocycles. The van der Waals surface area contributed by atoms with Crippen molar-refractivity contribution in [3.63, 3.8) is 0 Å². The van der Waals surface area contributed by atoms with Crippen molar-refractivity contribution in [1.29, 1.82) is 0 Å². The molecule has 132 valence electrons. The van der Waals surface area contributed by atoms with Gasteiger partial charge in [0.1, 0.15) is 5.15 Å². The Morgan fingerprint density at radius 2 is 1.88 bits per heavy atom. The van der Waals surface area contributed by atoms with Crippen molar-refractivity contribution in [3.05, 3.63) is 57.8 Å². The molecule has 1 aromatic heterocycles. The fourth-order valence-corrected chi connectivity index (χ4v) is 2.90. The van der Waals surface area contributed by atoms with E-state index in [4.69, 9.17) is 27.9 Å². The number of aryl methyl sites for hydroxylation is 1. The van der Waals surface area contributed by atoms with Crippen LogP contribution in [0.25, 0.3) is 0 Å². The van der Waals surface area contributed by atoms with Crippen LogP contribution in [0.2, 0.25) is 10.2 Å². The topological polar surface area (TPSA) is 68.3 Å². The lowest BCUT2D eigenvalue weighted by atomic mass is 10.2. The largest absolute Gasteiger partial charge is 0.451 e. The minimum absolute atomic E-state index is 0.114. The van der Waals surface area contributed by atoms with Crippen LogP contribution < -0.4 is 5.32 Å². The first-order valence-corrected chi connectivity index (χ1v) is 9.15. The lowest BCUT2D eigenvalue weighted by Gasteiger charge is -2.07. The maximum Gasteiger partial charge on any atom is 0.359 e. The van der Waals surface area contributed by atoms with Crippen LogP contribution in [0.15, 0.2) is 41.3 Å². The predicted octanol–water partition coefficient (Wildman–Crippen LogP) is 3.76. The minimum atomic E-state index is -0.795. The van der Waals surface area contributed by atoms with Gasteiger partial charge >= 0.3 is 5.97 Å². The molecule has 0 radical (unpaired) electrons. The maximum atomic E-state index is 11.9. The number of aromatic nitrogens is 1. The first-order valence-electron chi connectivity index (χ1n) is 7.41. The third-order valence-corrected chi connectivity index (χ3v) is 4.58. The van der Waals surface area contributed by atoms with Gasteiger partial charge in [-0.25, -0.2) is 9.78 Å². The smallest absolute Gasteiger partial charge is 0.359 e. The van der Waals surface area contributed by atoms with E-state index in [0.717, 1.165) is 4.90 Å². The van der Waals surface area contributed by atoms with Crippen molar-refractivity contribution < 1.29 is 14.3 Å². The second-order valence-corrected chi connectivity index (χ2v) is 7.01. The quantitative estimate of drug-likeness (QED) is 0.332. The number of carbonyl (C=O) groups excluding carboxylic acids is 2. The Balaban J connectivity index is 1.69. The molecule has 2 aromatic rings. The monoisotopic (exact) mass is 398 g/mol. The first-order chi connectivity index (χ1) is 12.0. The van der Waals surface area contributed by atoms with E-state index in [1.807, 2.05) is 31.2 Å². The van der Waals surface area contributed by atoms with Gasteiger partial charge in [0.15, 0.2) is 12.3 Å². The lowest BCUT2D eigenvalue weighted by molar-refractivity contribution is -0.124. The van der Waals surface area contributed by atoms with Crippen molar-refractivity contribution >= 4 is 46.8 Å². The molecule has 0 atom stereocenters. The maximum absolute atomic E-state index is 11.9. The molecule has 0 saturated carbocycles. The van der Waals surface area contributed by atoms with E-state index < -0.39 is 18.5 Å². The van der Waals surface area contributed by atoms with Gasteiger partial charge in [0.05, 0.1) is 5.02 Å². The Bertz CT molecular complexity index is 754. The average Bonchev–Trinajstić information content (AvgIpc) is 2.60. The molecule has 0 bridgehead atoms. The zero-order valence-electron chi connectivity index (χ0n) is 13.4. The summed E-state index contributed by atoms with van der Waals surface area (Å²) in [6, 6.07) is 11.0. The van der Waals surface area contributed by atoms with Gasteiger partial charge in [-0.05, 0) is 31.2 Å². The third kappa shape index (κ3) is 6.57. The Kier molecular flexibility index (Phi) is 7.55. The standard InChI is InChI=1S/C17H16Cl2N2O3S/c1-11-2-4-12(5-3-11)25-9-8-20-15(22)10-24-17(23)16-13(18)6-7-14(19)21-16/h2-7H,8-10H2,1H3,(H,20,22). The summed E-state index contributed by atoms with van der Waals surface area (Å²) in [5.74, 6) is -0.475. The number of nitrogens with one attached hydrogen (secondary N) is 1. The van der Waals surface area contributed by atoms with Gasteiger partial charge in [-0.3, -0.25) is 4.79 Å². The van der Waals surface area contributed by atoms with Crippen LogP contribution in [-0.2, 0) is 9.53 Å². The number of rotatable bonds is 7. The summed E-state index contributed by atoms with van der Waals surface area (Å²) in [4.78, 5) is 28.5. The molecule has 25 heavy (non-hydrogen) atoms. The number of benzene rings is 1. The number of esters is 1. The van der Waals surface area contributed by atoms with Gasteiger partial charge in [0, 0.05) is 17.2 Å². The Morgan fingerprint density at radius 1 is 1.16 bits per heavy atom. The molecular formula is C17H16Cl2N2O3S. The summed E-state index contributed by atoms with van der Waals surface area (Å²) in [7, 11) is 0. The number of nitrogens with zero attached hydrogens (tertiary/aromatic N) is 1. The summed E-state index contributed by atoms with van der Waals surface area (Å²) < 4.78 is 4.89. The van der Waals surface area contributed by atoms with E-state index in [1.54, 1.807) is 11.8 Å². The predicted molar refractivity (Wildman–Crippen MR) is 99.5 cm³/mol. The zero-order chi connectivity index (χ0) is 18.2. The van der Waals surface area contributed by atoms with Crippen LogP contribution in [-0.4, -0.2) is 35.8 Å². The molecule has 0 spiro atoms. The van der Waals surface area contributed by atoms with E-state index in [0.29, 0.717) is 12.3 Å². The highest BCUT2D eigenvalue weighted by Gasteiger charge is 2.16. The van der Waals surface area contributed by atoms with Crippen molar-refractivity contribution in [1.82, 2.24) is 10.3 Å². The van der Waals surface area contributed by atoms with Gasteiger partial charge in [-0.1, -0.05) is 40.9 Å². The summed E-state index contributed by atoms with van der Waals surface area (Å²) >= 11 is 13.2. The Hall–Kier alpha value is -1.76. The molecule has 2 rings (SSSR count). The van der Waals surface area contributed by atoms with Crippen LogP contribution in [0.4, 0.5) is 0 Å². The van der Waals surface area contributed by atoms with Crippen molar-refractivity contribution in [2.45, 2.75) is 11.8 Å². The summed E-state index contributed by atoms with van der Waals surface area (Å²) in [5, 5.41) is 2.92.